The maximum atomic E-state index is 12.8. The second-order valence-corrected chi connectivity index (χ2v) is 7.41. The summed E-state index contributed by atoms with van der Waals surface area (Å²) in [5, 5.41) is 4.77. The molecule has 0 radical (unpaired) electrons. The zero-order valence-electron chi connectivity index (χ0n) is 17.6. The van der Waals surface area contributed by atoms with Crippen molar-refractivity contribution in [3.05, 3.63) is 93.8 Å². The van der Waals surface area contributed by atoms with Gasteiger partial charge in [-0.25, -0.2) is 14.5 Å². The zero-order chi connectivity index (χ0) is 23.5. The molecule has 9 nitrogen and oxygen atoms in total. The van der Waals surface area contributed by atoms with E-state index in [4.69, 9.17) is 23.1 Å². The fourth-order valence-electron chi connectivity index (χ4n) is 3.46. The molecule has 0 unspecified atom stereocenters. The number of hydrogen-bond donors (Lipinski definition) is 2. The third-order valence-electron chi connectivity index (χ3n) is 4.92. The summed E-state index contributed by atoms with van der Waals surface area (Å²) in [4.78, 5) is 32.2. The minimum absolute atomic E-state index is 0.103. The van der Waals surface area contributed by atoms with Crippen LogP contribution in [0.1, 0.15) is 23.1 Å². The van der Waals surface area contributed by atoms with Gasteiger partial charge in [-0.1, -0.05) is 42.8 Å². The van der Waals surface area contributed by atoms with Gasteiger partial charge in [-0.15, -0.1) is 5.10 Å². The van der Waals surface area contributed by atoms with E-state index in [0.717, 1.165) is 11.5 Å². The monoisotopic (exact) mass is 461 g/mol. The van der Waals surface area contributed by atoms with E-state index in [-0.39, 0.29) is 16.9 Å². The van der Waals surface area contributed by atoms with Gasteiger partial charge in [0.2, 0.25) is 0 Å². The molecule has 0 fully saturated rings. The molecular formula is C23H20ClN7O2. The number of benzene rings is 2. The maximum absolute atomic E-state index is 12.8. The van der Waals surface area contributed by atoms with Crippen LogP contribution in [0, 0.1) is 0 Å². The molecule has 0 aliphatic carbocycles. The lowest BCUT2D eigenvalue weighted by Gasteiger charge is -2.12. The summed E-state index contributed by atoms with van der Waals surface area (Å²) in [5.41, 5.74) is 12.5. The lowest BCUT2D eigenvalue weighted by atomic mass is 10.2. The summed E-state index contributed by atoms with van der Waals surface area (Å²) in [6.07, 6.45) is 3.86. The third-order valence-corrected chi connectivity index (χ3v) is 5.23. The van der Waals surface area contributed by atoms with E-state index in [9.17, 15) is 9.59 Å². The van der Waals surface area contributed by atoms with E-state index in [1.54, 1.807) is 29.1 Å². The molecule has 0 saturated heterocycles. The molecule has 10 heteroatoms. The first-order valence-electron chi connectivity index (χ1n) is 10.1. The molecule has 3 aromatic heterocycles. The Morgan fingerprint density at radius 1 is 1.09 bits per heavy atom. The molecule has 3 heterocycles. The lowest BCUT2D eigenvalue weighted by Crippen LogP contribution is -2.23. The quantitative estimate of drug-likeness (QED) is 0.424. The molecule has 0 atom stereocenters. The second kappa shape index (κ2) is 9.09. The topological polar surface area (TPSA) is 134 Å². The van der Waals surface area contributed by atoms with E-state index in [1.165, 1.54) is 4.52 Å². The number of aryl methyl sites for hydroxylation is 1. The van der Waals surface area contributed by atoms with Crippen LogP contribution in [0.15, 0.2) is 71.8 Å². The largest absolute Gasteiger partial charge is 0.381 e. The molecule has 1 amide bonds. The van der Waals surface area contributed by atoms with Crippen LogP contribution < -0.4 is 17.0 Å². The van der Waals surface area contributed by atoms with Crippen molar-refractivity contribution in [3.8, 4) is 5.69 Å². The average Bonchev–Trinajstić information content (AvgIpc) is 3.15. The molecule has 2 aromatic carbocycles. The van der Waals surface area contributed by atoms with Crippen molar-refractivity contribution in [3.63, 3.8) is 0 Å². The Morgan fingerprint density at radius 2 is 1.85 bits per heavy atom. The van der Waals surface area contributed by atoms with Crippen LogP contribution in [-0.4, -0.2) is 30.1 Å². The van der Waals surface area contributed by atoms with E-state index in [1.807, 2.05) is 49.4 Å². The molecule has 0 bridgehead atoms. The Morgan fingerprint density at radius 3 is 2.55 bits per heavy atom. The number of aromatic nitrogens is 5. The summed E-state index contributed by atoms with van der Waals surface area (Å²) in [6, 6.07) is 16.5. The number of anilines is 1. The maximum Gasteiger partial charge on any atom is 0.267 e. The number of carbonyl (C=O) groups excluding carboxylic acids is 1. The van der Waals surface area contributed by atoms with Crippen molar-refractivity contribution < 1.29 is 4.79 Å². The Balaban J connectivity index is 0.000000172. The van der Waals surface area contributed by atoms with Gasteiger partial charge in [0.15, 0.2) is 11.5 Å². The van der Waals surface area contributed by atoms with Gasteiger partial charge in [-0.05, 0) is 30.3 Å². The summed E-state index contributed by atoms with van der Waals surface area (Å²) in [6.45, 7) is 1.98. The molecule has 33 heavy (non-hydrogen) atoms. The summed E-state index contributed by atoms with van der Waals surface area (Å²) in [7, 11) is 0. The Kier molecular flexibility index (Phi) is 6.05. The van der Waals surface area contributed by atoms with Crippen molar-refractivity contribution in [1.29, 1.82) is 0 Å². The van der Waals surface area contributed by atoms with E-state index in [2.05, 4.69) is 15.1 Å². The molecule has 5 rings (SSSR count). The number of para-hydroxylation sites is 1. The number of hydrogen-bond acceptors (Lipinski definition) is 6. The normalized spacial score (nSPS) is 10.7. The molecule has 0 aliphatic heterocycles. The fourth-order valence-corrected chi connectivity index (χ4v) is 3.71. The van der Waals surface area contributed by atoms with Crippen molar-refractivity contribution in [2.45, 2.75) is 13.3 Å². The number of carbonyl (C=O) groups is 1. The number of nitrogen functional groups attached to an aromatic ring is 1. The van der Waals surface area contributed by atoms with Crippen LogP contribution in [0.2, 0.25) is 5.02 Å². The smallest absolute Gasteiger partial charge is 0.267 e. The van der Waals surface area contributed by atoms with Gasteiger partial charge in [0.25, 0.3) is 11.5 Å². The molecular weight excluding hydrogens is 442 g/mol. The van der Waals surface area contributed by atoms with Gasteiger partial charge in [0, 0.05) is 18.8 Å². The Hall–Kier alpha value is -4.24. The highest BCUT2D eigenvalue weighted by Gasteiger charge is 2.15. The lowest BCUT2D eigenvalue weighted by molar-refractivity contribution is 0.100. The molecule has 0 spiro atoms. The van der Waals surface area contributed by atoms with Crippen molar-refractivity contribution in [1.82, 2.24) is 24.1 Å². The van der Waals surface area contributed by atoms with Crippen molar-refractivity contribution >= 4 is 39.9 Å². The Labute approximate surface area is 193 Å². The van der Waals surface area contributed by atoms with Crippen LogP contribution in [-0.2, 0) is 6.42 Å². The average molecular weight is 462 g/mol. The highest BCUT2D eigenvalue weighted by Crippen LogP contribution is 2.20. The van der Waals surface area contributed by atoms with E-state index >= 15 is 0 Å². The van der Waals surface area contributed by atoms with Crippen molar-refractivity contribution in [2.75, 3.05) is 5.73 Å². The number of nitrogens with zero attached hydrogens (tertiary/aromatic N) is 5. The SMILES string of the molecule is CCc1nc2cccc(Cl)c2c(=O)n1-c1ccccc1.NC(=O)c1c(N)nn2cccnc12. The minimum Gasteiger partial charge on any atom is -0.381 e. The molecule has 5 aromatic rings. The molecule has 166 valence electrons. The number of rotatable bonds is 3. The highest BCUT2D eigenvalue weighted by molar-refractivity contribution is 6.35. The first-order valence-corrected chi connectivity index (χ1v) is 10.4. The van der Waals surface area contributed by atoms with Gasteiger partial charge < -0.3 is 11.5 Å². The summed E-state index contributed by atoms with van der Waals surface area (Å²) >= 11 is 6.16. The first-order chi connectivity index (χ1) is 15.9. The van der Waals surface area contributed by atoms with Gasteiger partial charge in [-0.3, -0.25) is 14.2 Å². The molecule has 4 N–H and O–H groups in total. The standard InChI is InChI=1S/C16H13ClN2O.C7H7N5O/c1-2-14-18-13-10-6-9-12(17)15(13)16(20)19(14)11-7-4-3-5-8-11;8-5-4(6(9)13)7-10-2-1-3-12(7)11-5/h3-10H,2H2,1H3;1-3H,(H2,8,11)(H2,9,13). The Bertz CT molecular complexity index is 1530. The van der Waals surface area contributed by atoms with E-state index < -0.39 is 5.91 Å². The first kappa shape index (κ1) is 22.0. The minimum atomic E-state index is -0.619. The predicted molar refractivity (Wildman–Crippen MR) is 128 cm³/mol. The number of halogens is 1. The van der Waals surface area contributed by atoms with Gasteiger partial charge in [-0.2, -0.15) is 0 Å². The van der Waals surface area contributed by atoms with Gasteiger partial charge >= 0.3 is 0 Å². The summed E-state index contributed by atoms with van der Waals surface area (Å²) in [5.74, 6) is 0.216. The van der Waals surface area contributed by atoms with Gasteiger partial charge in [0.05, 0.1) is 21.6 Å². The van der Waals surface area contributed by atoms with Crippen LogP contribution >= 0.6 is 11.6 Å². The number of primary amides is 1. The van der Waals surface area contributed by atoms with Crippen molar-refractivity contribution in [2.24, 2.45) is 5.73 Å². The highest BCUT2D eigenvalue weighted by atomic mass is 35.5. The number of nitrogens with two attached hydrogens (primary N) is 2. The zero-order valence-corrected chi connectivity index (χ0v) is 18.4. The molecule has 0 saturated carbocycles. The second-order valence-electron chi connectivity index (χ2n) is 7.00. The van der Waals surface area contributed by atoms with Crippen LogP contribution in [0.3, 0.4) is 0 Å². The summed E-state index contributed by atoms with van der Waals surface area (Å²) < 4.78 is 3.05. The molecule has 0 aliphatic rings. The van der Waals surface area contributed by atoms with Crippen LogP contribution in [0.5, 0.6) is 0 Å². The van der Waals surface area contributed by atoms with Crippen LogP contribution in [0.25, 0.3) is 22.2 Å². The number of fused-ring (bicyclic) bond motifs is 2. The number of amides is 1. The van der Waals surface area contributed by atoms with Crippen LogP contribution in [0.4, 0.5) is 5.82 Å². The van der Waals surface area contributed by atoms with Gasteiger partial charge in [0.1, 0.15) is 11.4 Å². The fraction of sp³-hybridized carbons (Fsp3) is 0.0870. The third kappa shape index (κ3) is 4.13. The predicted octanol–water partition coefficient (Wildman–Crippen LogP) is 3.01. The van der Waals surface area contributed by atoms with E-state index in [0.29, 0.717) is 28.0 Å².